The summed E-state index contributed by atoms with van der Waals surface area (Å²) in [5, 5.41) is 7.62. The number of anilines is 2. The molecule has 2 N–H and O–H groups in total. The third-order valence-corrected chi connectivity index (χ3v) is 6.58. The second kappa shape index (κ2) is 10.4. The minimum atomic E-state index is -0.505. The van der Waals surface area contributed by atoms with Gasteiger partial charge < -0.3 is 15.5 Å². The minimum absolute atomic E-state index is 0.199. The molecule has 3 heterocycles. The molecule has 0 saturated carbocycles. The van der Waals surface area contributed by atoms with E-state index in [1.807, 2.05) is 31.0 Å². The van der Waals surface area contributed by atoms with Crippen molar-refractivity contribution in [3.05, 3.63) is 35.0 Å². The van der Waals surface area contributed by atoms with E-state index in [1.54, 1.807) is 11.3 Å². The summed E-state index contributed by atoms with van der Waals surface area (Å²) in [4.78, 5) is 25.5. The number of nitrogens with zero attached hydrogens (tertiary/aromatic N) is 3. The summed E-state index contributed by atoms with van der Waals surface area (Å²) < 4.78 is 0. The van der Waals surface area contributed by atoms with Crippen molar-refractivity contribution in [3.8, 4) is 0 Å². The van der Waals surface area contributed by atoms with Gasteiger partial charge in [0.05, 0.1) is 5.54 Å². The van der Waals surface area contributed by atoms with Crippen molar-refractivity contribution < 1.29 is 4.79 Å². The van der Waals surface area contributed by atoms with E-state index in [1.165, 1.54) is 4.88 Å². The highest BCUT2D eigenvalue weighted by atomic mass is 32.1. The predicted molar refractivity (Wildman–Crippen MR) is 125 cm³/mol. The first-order valence-corrected chi connectivity index (χ1v) is 12.0. The van der Waals surface area contributed by atoms with E-state index in [-0.39, 0.29) is 5.91 Å². The first kappa shape index (κ1) is 22.7. The van der Waals surface area contributed by atoms with Gasteiger partial charge in [-0.25, -0.2) is 9.97 Å². The SMILES string of the molecule is CCCNC(C)(C)C(=O)N1CCC(c2cccc(Nc3ncc(CCC)s3)n2)CC1. The lowest BCUT2D eigenvalue weighted by Crippen LogP contribution is -2.55. The van der Waals surface area contributed by atoms with E-state index < -0.39 is 5.54 Å². The van der Waals surface area contributed by atoms with Crippen LogP contribution in [0, 0.1) is 0 Å². The summed E-state index contributed by atoms with van der Waals surface area (Å²) in [5.74, 6) is 1.42. The number of hydrogen-bond acceptors (Lipinski definition) is 6. The standard InChI is InChI=1S/C23H35N5OS/c1-5-8-18-16-24-22(30-18)27-20-10-7-9-19(26-20)17-11-14-28(15-12-17)21(29)23(3,4)25-13-6-2/h7,9-10,16-17,25H,5-6,8,11-15H2,1-4H3,(H,24,26,27). The van der Waals surface area contributed by atoms with Gasteiger partial charge in [0.25, 0.3) is 0 Å². The number of thiazole rings is 1. The van der Waals surface area contributed by atoms with Crippen LogP contribution in [0.15, 0.2) is 24.4 Å². The van der Waals surface area contributed by atoms with Crippen LogP contribution < -0.4 is 10.6 Å². The van der Waals surface area contributed by atoms with Crippen molar-refractivity contribution in [3.63, 3.8) is 0 Å². The highest BCUT2D eigenvalue weighted by molar-refractivity contribution is 7.15. The van der Waals surface area contributed by atoms with Gasteiger partial charge in [-0.1, -0.05) is 26.3 Å². The molecular formula is C23H35N5OS. The van der Waals surface area contributed by atoms with Crippen LogP contribution in [-0.4, -0.2) is 45.9 Å². The Hall–Kier alpha value is -1.99. The number of likely N-dealkylation sites (tertiary alicyclic amines) is 1. The van der Waals surface area contributed by atoms with Crippen LogP contribution in [-0.2, 0) is 11.2 Å². The molecule has 164 valence electrons. The summed E-state index contributed by atoms with van der Waals surface area (Å²) in [6.45, 7) is 10.7. The largest absolute Gasteiger partial charge is 0.341 e. The molecule has 1 aliphatic heterocycles. The molecule has 1 aliphatic rings. The van der Waals surface area contributed by atoms with Crippen molar-refractivity contribution >= 4 is 28.2 Å². The van der Waals surface area contributed by atoms with E-state index in [4.69, 9.17) is 4.98 Å². The average molecular weight is 430 g/mol. The van der Waals surface area contributed by atoms with Gasteiger partial charge in [-0.05, 0) is 58.2 Å². The van der Waals surface area contributed by atoms with Gasteiger partial charge >= 0.3 is 0 Å². The molecule has 0 spiro atoms. The smallest absolute Gasteiger partial charge is 0.242 e. The first-order valence-electron chi connectivity index (χ1n) is 11.2. The summed E-state index contributed by atoms with van der Waals surface area (Å²) in [5.41, 5.74) is 0.593. The molecule has 1 fully saturated rings. The Labute approximate surface area is 184 Å². The van der Waals surface area contributed by atoms with Crippen molar-refractivity contribution in [1.29, 1.82) is 0 Å². The van der Waals surface area contributed by atoms with Crippen LogP contribution in [0.5, 0.6) is 0 Å². The Morgan fingerprint density at radius 1 is 1.23 bits per heavy atom. The van der Waals surface area contributed by atoms with E-state index in [0.29, 0.717) is 5.92 Å². The fourth-order valence-corrected chi connectivity index (χ4v) is 4.79. The highest BCUT2D eigenvalue weighted by Gasteiger charge is 2.33. The quantitative estimate of drug-likeness (QED) is 0.604. The fraction of sp³-hybridized carbons (Fsp3) is 0.609. The third kappa shape index (κ3) is 5.79. The molecule has 6 nitrogen and oxygen atoms in total. The fourth-order valence-electron chi connectivity index (χ4n) is 3.87. The van der Waals surface area contributed by atoms with Crippen LogP contribution in [0.4, 0.5) is 10.9 Å². The van der Waals surface area contributed by atoms with Gasteiger partial charge in [-0.2, -0.15) is 0 Å². The van der Waals surface area contributed by atoms with Crippen LogP contribution >= 0.6 is 11.3 Å². The Morgan fingerprint density at radius 3 is 2.70 bits per heavy atom. The molecule has 0 atom stereocenters. The van der Waals surface area contributed by atoms with E-state index >= 15 is 0 Å². The van der Waals surface area contributed by atoms with Gasteiger partial charge in [-0.15, -0.1) is 11.3 Å². The second-order valence-electron chi connectivity index (χ2n) is 8.57. The molecule has 0 aliphatic carbocycles. The predicted octanol–water partition coefficient (Wildman–Crippen LogP) is 4.72. The number of amides is 1. The minimum Gasteiger partial charge on any atom is -0.341 e. The Morgan fingerprint density at radius 2 is 2.00 bits per heavy atom. The van der Waals surface area contributed by atoms with Gasteiger partial charge in [-0.3, -0.25) is 4.79 Å². The first-order chi connectivity index (χ1) is 14.4. The molecule has 30 heavy (non-hydrogen) atoms. The molecule has 0 bridgehead atoms. The number of rotatable bonds is 9. The lowest BCUT2D eigenvalue weighted by atomic mass is 9.91. The molecule has 1 saturated heterocycles. The van der Waals surface area contributed by atoms with Crippen LogP contribution in [0.3, 0.4) is 0 Å². The van der Waals surface area contributed by atoms with E-state index in [0.717, 1.165) is 68.4 Å². The molecule has 3 rings (SSSR count). The second-order valence-corrected chi connectivity index (χ2v) is 9.69. The number of aryl methyl sites for hydroxylation is 1. The Bertz CT molecular complexity index is 827. The van der Waals surface area contributed by atoms with Crippen LogP contribution in [0.2, 0.25) is 0 Å². The maximum absolute atomic E-state index is 12.9. The van der Waals surface area contributed by atoms with Crippen molar-refractivity contribution in [2.45, 2.75) is 71.3 Å². The van der Waals surface area contributed by atoms with E-state index in [2.05, 4.69) is 41.6 Å². The summed E-state index contributed by atoms with van der Waals surface area (Å²) in [6.07, 6.45) is 7.06. The number of carbonyl (C=O) groups excluding carboxylic acids is 1. The van der Waals surface area contributed by atoms with Crippen molar-refractivity contribution in [2.75, 3.05) is 25.0 Å². The summed E-state index contributed by atoms with van der Waals surface area (Å²) in [7, 11) is 0. The molecule has 0 unspecified atom stereocenters. The number of aromatic nitrogens is 2. The summed E-state index contributed by atoms with van der Waals surface area (Å²) in [6, 6.07) is 6.15. The maximum atomic E-state index is 12.9. The van der Waals surface area contributed by atoms with Gasteiger partial charge in [0.2, 0.25) is 5.91 Å². The Balaban J connectivity index is 1.58. The van der Waals surface area contributed by atoms with Gasteiger partial charge in [0.15, 0.2) is 5.13 Å². The molecular weight excluding hydrogens is 394 g/mol. The topological polar surface area (TPSA) is 70.2 Å². The number of carbonyl (C=O) groups is 1. The zero-order valence-corrected chi connectivity index (χ0v) is 19.5. The maximum Gasteiger partial charge on any atom is 0.242 e. The Kier molecular flexibility index (Phi) is 7.83. The lowest BCUT2D eigenvalue weighted by Gasteiger charge is -2.37. The van der Waals surface area contributed by atoms with Gasteiger partial charge in [0.1, 0.15) is 5.82 Å². The van der Waals surface area contributed by atoms with Crippen molar-refractivity contribution in [1.82, 2.24) is 20.2 Å². The number of piperidine rings is 1. The van der Waals surface area contributed by atoms with E-state index in [9.17, 15) is 4.79 Å². The van der Waals surface area contributed by atoms with Crippen LogP contribution in [0.1, 0.15) is 69.9 Å². The molecule has 0 radical (unpaired) electrons. The third-order valence-electron chi connectivity index (χ3n) is 5.61. The molecule has 2 aromatic heterocycles. The molecule has 7 heteroatoms. The highest BCUT2D eigenvalue weighted by Crippen LogP contribution is 2.29. The van der Waals surface area contributed by atoms with Gasteiger partial charge in [0, 0.05) is 35.8 Å². The normalized spacial score (nSPS) is 15.4. The van der Waals surface area contributed by atoms with Crippen LogP contribution in [0.25, 0.3) is 0 Å². The zero-order valence-electron chi connectivity index (χ0n) is 18.7. The number of nitrogens with one attached hydrogen (secondary N) is 2. The zero-order chi connectivity index (χ0) is 21.6. The number of pyridine rings is 1. The molecule has 1 amide bonds. The summed E-state index contributed by atoms with van der Waals surface area (Å²) >= 11 is 1.69. The number of hydrogen-bond donors (Lipinski definition) is 2. The molecule has 0 aromatic carbocycles. The molecule has 2 aromatic rings. The lowest BCUT2D eigenvalue weighted by molar-refractivity contribution is -0.138. The average Bonchev–Trinajstić information content (AvgIpc) is 3.19. The monoisotopic (exact) mass is 429 g/mol. The van der Waals surface area contributed by atoms with Crippen molar-refractivity contribution in [2.24, 2.45) is 0 Å².